The van der Waals surface area contributed by atoms with Crippen LogP contribution in [0.25, 0.3) is 0 Å². The van der Waals surface area contributed by atoms with Gasteiger partial charge in [-0.05, 0) is 12.1 Å². The predicted molar refractivity (Wildman–Crippen MR) is 37.7 cm³/mol. The quantitative estimate of drug-likeness (QED) is 0.536. The summed E-state index contributed by atoms with van der Waals surface area (Å²) >= 11 is 0. The van der Waals surface area contributed by atoms with Gasteiger partial charge in [0.15, 0.2) is 0 Å². The van der Waals surface area contributed by atoms with Gasteiger partial charge in [-0.1, -0.05) is 0 Å². The summed E-state index contributed by atoms with van der Waals surface area (Å²) in [5.74, 6) is -0.340. The van der Waals surface area contributed by atoms with E-state index in [1.165, 1.54) is 18.5 Å². The molecule has 1 aromatic rings. The molecule has 3 heteroatoms. The number of hydrogen-bond acceptors (Lipinski definition) is 2. The molecule has 0 N–H and O–H groups in total. The van der Waals surface area contributed by atoms with Gasteiger partial charge in [0.05, 0.1) is 0 Å². The van der Waals surface area contributed by atoms with Gasteiger partial charge in [0, 0.05) is 19.5 Å². The van der Waals surface area contributed by atoms with E-state index in [1.54, 1.807) is 13.1 Å². The molecule has 0 radical (unpaired) electrons. The second-order valence-electron chi connectivity index (χ2n) is 1.76. The molecule has 0 aliphatic rings. The van der Waals surface area contributed by atoms with Crippen molar-refractivity contribution in [1.82, 2.24) is 4.98 Å². The molecule has 0 bridgehead atoms. The van der Waals surface area contributed by atoms with Crippen molar-refractivity contribution in [2.24, 2.45) is 4.99 Å². The van der Waals surface area contributed by atoms with E-state index >= 15 is 0 Å². The molecular weight excluding hydrogens is 131 g/mol. The van der Waals surface area contributed by atoms with Crippen molar-refractivity contribution in [2.45, 2.75) is 0 Å². The molecular formula is C7H7FN2. The Morgan fingerprint density at radius 3 is 3.10 bits per heavy atom. The standard InChI is InChI=1S/C7H7FN2/c1-9-5-7-6(8)3-2-4-10-7/h2-5H,1H3/b9-5+. The Hall–Kier alpha value is -1.25. The van der Waals surface area contributed by atoms with Crippen LogP contribution < -0.4 is 0 Å². The SMILES string of the molecule is C/N=C/c1ncccc1F. The summed E-state index contributed by atoms with van der Waals surface area (Å²) in [6, 6.07) is 2.90. The van der Waals surface area contributed by atoms with E-state index in [1.807, 2.05) is 0 Å². The van der Waals surface area contributed by atoms with Crippen LogP contribution in [0.2, 0.25) is 0 Å². The topological polar surface area (TPSA) is 25.2 Å². The van der Waals surface area contributed by atoms with Gasteiger partial charge in [-0.15, -0.1) is 0 Å². The fourth-order valence-corrected chi connectivity index (χ4v) is 0.615. The average Bonchev–Trinajstić information content (AvgIpc) is 1.94. The van der Waals surface area contributed by atoms with E-state index in [4.69, 9.17) is 0 Å². The molecule has 0 aromatic carbocycles. The zero-order chi connectivity index (χ0) is 7.40. The van der Waals surface area contributed by atoms with Crippen LogP contribution in [-0.2, 0) is 0 Å². The van der Waals surface area contributed by atoms with Crippen LogP contribution >= 0.6 is 0 Å². The van der Waals surface area contributed by atoms with Gasteiger partial charge in [-0.2, -0.15) is 0 Å². The van der Waals surface area contributed by atoms with Gasteiger partial charge in [0.1, 0.15) is 11.5 Å². The summed E-state index contributed by atoms with van der Waals surface area (Å²) in [5.41, 5.74) is 0.282. The van der Waals surface area contributed by atoms with Crippen LogP contribution in [0.1, 0.15) is 5.69 Å². The molecule has 52 valence electrons. The summed E-state index contributed by atoms with van der Waals surface area (Å²) in [6.07, 6.45) is 2.91. The molecule has 0 amide bonds. The van der Waals surface area contributed by atoms with E-state index < -0.39 is 0 Å². The average molecular weight is 138 g/mol. The van der Waals surface area contributed by atoms with Crippen molar-refractivity contribution in [3.05, 3.63) is 29.8 Å². The Morgan fingerprint density at radius 1 is 1.70 bits per heavy atom. The van der Waals surface area contributed by atoms with Gasteiger partial charge in [0.2, 0.25) is 0 Å². The van der Waals surface area contributed by atoms with E-state index in [0.717, 1.165) is 0 Å². The number of aliphatic imine (C=N–C) groups is 1. The molecule has 0 aliphatic heterocycles. The molecule has 0 fully saturated rings. The highest BCUT2D eigenvalue weighted by molar-refractivity contribution is 5.76. The van der Waals surface area contributed by atoms with Crippen LogP contribution in [0.15, 0.2) is 23.3 Å². The lowest BCUT2D eigenvalue weighted by atomic mass is 10.3. The van der Waals surface area contributed by atoms with E-state index in [0.29, 0.717) is 0 Å². The van der Waals surface area contributed by atoms with Gasteiger partial charge >= 0.3 is 0 Å². The van der Waals surface area contributed by atoms with Crippen LogP contribution in [-0.4, -0.2) is 18.2 Å². The smallest absolute Gasteiger partial charge is 0.150 e. The third kappa shape index (κ3) is 1.37. The molecule has 1 aromatic heterocycles. The normalized spacial score (nSPS) is 10.6. The van der Waals surface area contributed by atoms with Gasteiger partial charge in [0.25, 0.3) is 0 Å². The lowest BCUT2D eigenvalue weighted by Gasteiger charge is -1.90. The van der Waals surface area contributed by atoms with Crippen molar-refractivity contribution in [3.8, 4) is 0 Å². The summed E-state index contributed by atoms with van der Waals surface area (Å²) in [7, 11) is 1.58. The lowest BCUT2D eigenvalue weighted by molar-refractivity contribution is 0.619. The Morgan fingerprint density at radius 2 is 2.50 bits per heavy atom. The van der Waals surface area contributed by atoms with Crippen molar-refractivity contribution < 1.29 is 4.39 Å². The number of nitrogens with zero attached hydrogens (tertiary/aromatic N) is 2. The highest BCUT2D eigenvalue weighted by Gasteiger charge is 1.95. The van der Waals surface area contributed by atoms with Crippen molar-refractivity contribution in [3.63, 3.8) is 0 Å². The molecule has 0 unspecified atom stereocenters. The zero-order valence-electron chi connectivity index (χ0n) is 5.58. The van der Waals surface area contributed by atoms with E-state index in [-0.39, 0.29) is 11.5 Å². The Bertz CT molecular complexity index is 245. The molecule has 1 rings (SSSR count). The Kier molecular flexibility index (Phi) is 2.10. The van der Waals surface area contributed by atoms with Crippen LogP contribution in [0, 0.1) is 5.82 Å². The molecule has 0 spiro atoms. The Balaban J connectivity index is 3.03. The minimum atomic E-state index is -0.340. The third-order valence-corrected chi connectivity index (χ3v) is 1.04. The number of hydrogen-bond donors (Lipinski definition) is 0. The molecule has 0 saturated heterocycles. The maximum Gasteiger partial charge on any atom is 0.150 e. The summed E-state index contributed by atoms with van der Waals surface area (Å²) in [6.45, 7) is 0. The first-order chi connectivity index (χ1) is 4.84. The first-order valence-electron chi connectivity index (χ1n) is 2.87. The molecule has 1 heterocycles. The number of halogens is 1. The maximum absolute atomic E-state index is 12.6. The van der Waals surface area contributed by atoms with Gasteiger partial charge < -0.3 is 0 Å². The fraction of sp³-hybridized carbons (Fsp3) is 0.143. The minimum absolute atomic E-state index is 0.282. The first kappa shape index (κ1) is 6.86. The number of rotatable bonds is 1. The second-order valence-corrected chi connectivity index (χ2v) is 1.76. The largest absolute Gasteiger partial charge is 0.294 e. The highest BCUT2D eigenvalue weighted by atomic mass is 19.1. The second kappa shape index (κ2) is 3.06. The molecule has 0 atom stereocenters. The fourth-order valence-electron chi connectivity index (χ4n) is 0.615. The van der Waals surface area contributed by atoms with Crippen LogP contribution in [0.5, 0.6) is 0 Å². The highest BCUT2D eigenvalue weighted by Crippen LogP contribution is 1.97. The van der Waals surface area contributed by atoms with E-state index in [9.17, 15) is 4.39 Å². The van der Waals surface area contributed by atoms with Crippen molar-refractivity contribution in [1.29, 1.82) is 0 Å². The first-order valence-corrected chi connectivity index (χ1v) is 2.87. The number of pyridine rings is 1. The monoisotopic (exact) mass is 138 g/mol. The predicted octanol–water partition coefficient (Wildman–Crippen LogP) is 1.27. The molecule has 0 saturated carbocycles. The zero-order valence-corrected chi connectivity index (χ0v) is 5.58. The van der Waals surface area contributed by atoms with Gasteiger partial charge in [-0.25, -0.2) is 4.39 Å². The Labute approximate surface area is 58.4 Å². The number of aromatic nitrogens is 1. The summed E-state index contributed by atoms with van der Waals surface area (Å²) < 4.78 is 12.6. The molecule has 10 heavy (non-hydrogen) atoms. The minimum Gasteiger partial charge on any atom is -0.294 e. The summed E-state index contributed by atoms with van der Waals surface area (Å²) in [5, 5.41) is 0. The third-order valence-electron chi connectivity index (χ3n) is 1.04. The van der Waals surface area contributed by atoms with E-state index in [2.05, 4.69) is 9.98 Å². The van der Waals surface area contributed by atoms with Crippen LogP contribution in [0.4, 0.5) is 4.39 Å². The van der Waals surface area contributed by atoms with Crippen molar-refractivity contribution in [2.75, 3.05) is 7.05 Å². The maximum atomic E-state index is 12.6. The summed E-state index contributed by atoms with van der Waals surface area (Å²) in [4.78, 5) is 7.38. The molecule has 0 aliphatic carbocycles. The van der Waals surface area contributed by atoms with Crippen molar-refractivity contribution >= 4 is 6.21 Å². The van der Waals surface area contributed by atoms with Crippen LogP contribution in [0.3, 0.4) is 0 Å². The molecule has 2 nitrogen and oxygen atoms in total. The van der Waals surface area contributed by atoms with Gasteiger partial charge in [-0.3, -0.25) is 9.98 Å². The lowest BCUT2D eigenvalue weighted by Crippen LogP contribution is -1.90.